The number of fused-ring (bicyclic) bond motifs is 1. The van der Waals surface area contributed by atoms with Crippen LogP contribution >= 0.6 is 23.5 Å². The van der Waals surface area contributed by atoms with Gasteiger partial charge in [0.2, 0.25) is 11.8 Å². The quantitative estimate of drug-likeness (QED) is 0.198. The second-order valence-electron chi connectivity index (χ2n) is 9.10. The molecule has 3 N–H and O–H groups in total. The van der Waals surface area contributed by atoms with Crippen LogP contribution in [0.5, 0.6) is 5.88 Å². The number of rotatable bonds is 7. The lowest BCUT2D eigenvalue weighted by atomic mass is 9.96. The molecule has 0 spiro atoms. The lowest BCUT2D eigenvalue weighted by Gasteiger charge is -2.22. The molecule has 39 heavy (non-hydrogen) atoms. The molecule has 1 saturated carbocycles. The standard InChI is InChI=1S/C26H24ClF2N5OS.C2H7N/c1-35-25-22(12-17(27)14-30-25)36-34-21-10-8-19(28)23(24(21)29)15-7-9-20-16(11-15)13-31-26(33-20)32-18-5-3-2-4-6-18;1-3-2/h7-14,18,34H,2-6H2,1H3,(H,31,32,33);3H,1-2H3. The van der Waals surface area contributed by atoms with E-state index in [-0.39, 0.29) is 11.3 Å². The fraction of sp³-hybridized carbons (Fsp3) is 0.321. The summed E-state index contributed by atoms with van der Waals surface area (Å²) in [6.07, 6.45) is 9.06. The van der Waals surface area contributed by atoms with Crippen molar-refractivity contribution in [2.75, 3.05) is 31.2 Å². The van der Waals surface area contributed by atoms with Gasteiger partial charge in [-0.2, -0.15) is 0 Å². The lowest BCUT2D eigenvalue weighted by molar-refractivity contribution is 0.387. The highest BCUT2D eigenvalue weighted by molar-refractivity contribution is 8.00. The number of nitrogens with one attached hydrogen (secondary N) is 3. The van der Waals surface area contributed by atoms with Crippen LogP contribution in [0.2, 0.25) is 5.02 Å². The van der Waals surface area contributed by atoms with E-state index in [1.54, 1.807) is 30.5 Å². The first-order valence-corrected chi connectivity index (χ1v) is 13.9. The van der Waals surface area contributed by atoms with Gasteiger partial charge in [-0.05, 0) is 74.8 Å². The Balaban J connectivity index is 0.00000112. The van der Waals surface area contributed by atoms with E-state index in [0.717, 1.165) is 24.8 Å². The third kappa shape index (κ3) is 7.26. The monoisotopic (exact) mass is 572 g/mol. The summed E-state index contributed by atoms with van der Waals surface area (Å²) in [4.78, 5) is 13.7. The van der Waals surface area contributed by atoms with Gasteiger partial charge in [-0.25, -0.2) is 23.7 Å². The molecule has 2 aromatic heterocycles. The third-order valence-corrected chi connectivity index (χ3v) is 7.19. The van der Waals surface area contributed by atoms with E-state index in [4.69, 9.17) is 16.3 Å². The molecule has 11 heteroatoms. The number of ether oxygens (including phenoxy) is 1. The van der Waals surface area contributed by atoms with Crippen molar-refractivity contribution in [3.63, 3.8) is 0 Å². The van der Waals surface area contributed by atoms with Gasteiger partial charge in [0.05, 0.1) is 33.8 Å². The molecule has 0 unspecified atom stereocenters. The van der Waals surface area contributed by atoms with Gasteiger partial charge in [0.15, 0.2) is 5.82 Å². The number of pyridine rings is 1. The van der Waals surface area contributed by atoms with Crippen molar-refractivity contribution >= 4 is 46.1 Å². The molecule has 1 fully saturated rings. The van der Waals surface area contributed by atoms with E-state index in [1.165, 1.54) is 44.7 Å². The first-order chi connectivity index (χ1) is 18.9. The third-order valence-electron chi connectivity index (χ3n) is 6.15. The van der Waals surface area contributed by atoms with Crippen molar-refractivity contribution in [2.45, 2.75) is 43.0 Å². The van der Waals surface area contributed by atoms with Crippen LogP contribution < -0.4 is 20.1 Å². The fourth-order valence-corrected chi connectivity index (χ4v) is 5.34. The maximum absolute atomic E-state index is 15.5. The molecule has 1 aliphatic rings. The van der Waals surface area contributed by atoms with Crippen LogP contribution in [0.25, 0.3) is 22.0 Å². The first-order valence-electron chi connectivity index (χ1n) is 12.7. The Morgan fingerprint density at radius 3 is 2.51 bits per heavy atom. The van der Waals surface area contributed by atoms with Crippen molar-refractivity contribution in [1.29, 1.82) is 0 Å². The average Bonchev–Trinajstić information content (AvgIpc) is 2.94. The van der Waals surface area contributed by atoms with Gasteiger partial charge in [-0.15, -0.1) is 0 Å². The summed E-state index contributed by atoms with van der Waals surface area (Å²) < 4.78 is 38.4. The van der Waals surface area contributed by atoms with E-state index < -0.39 is 11.6 Å². The lowest BCUT2D eigenvalue weighted by Crippen LogP contribution is -2.23. The molecule has 2 aromatic carbocycles. The Bertz CT molecular complexity index is 1420. The average molecular weight is 573 g/mol. The number of halogens is 3. The Kier molecular flexibility index (Phi) is 10.1. The SMILES string of the molecule is CNC.COc1ncc(Cl)cc1SNc1ccc(F)c(-c2ccc3nc(NC4CCCCC4)ncc3c2)c1F. The van der Waals surface area contributed by atoms with Gasteiger partial charge >= 0.3 is 0 Å². The minimum atomic E-state index is -0.715. The van der Waals surface area contributed by atoms with E-state index in [0.29, 0.717) is 44.3 Å². The molecule has 2 heterocycles. The van der Waals surface area contributed by atoms with E-state index in [9.17, 15) is 4.39 Å². The zero-order chi connectivity index (χ0) is 27.8. The molecule has 206 valence electrons. The zero-order valence-electron chi connectivity index (χ0n) is 22.0. The molecule has 5 rings (SSSR count). The number of hydrogen-bond donors (Lipinski definition) is 3. The minimum Gasteiger partial charge on any atom is -0.480 e. The summed E-state index contributed by atoms with van der Waals surface area (Å²) in [6.45, 7) is 0. The highest BCUT2D eigenvalue weighted by Gasteiger charge is 2.18. The molecule has 1 aliphatic carbocycles. The molecule has 4 aromatic rings. The fourth-order valence-electron chi connectivity index (χ4n) is 4.33. The van der Waals surface area contributed by atoms with Crippen molar-refractivity contribution in [3.05, 3.63) is 65.4 Å². The highest BCUT2D eigenvalue weighted by atomic mass is 35.5. The minimum absolute atomic E-state index is 0.113. The van der Waals surface area contributed by atoms with E-state index >= 15 is 4.39 Å². The summed E-state index contributed by atoms with van der Waals surface area (Å²) in [7, 11) is 5.23. The van der Waals surface area contributed by atoms with Crippen LogP contribution in [0.1, 0.15) is 32.1 Å². The number of benzene rings is 2. The Morgan fingerprint density at radius 1 is 1.00 bits per heavy atom. The van der Waals surface area contributed by atoms with Crippen molar-refractivity contribution in [1.82, 2.24) is 20.3 Å². The van der Waals surface area contributed by atoms with Crippen LogP contribution in [0, 0.1) is 11.6 Å². The number of anilines is 2. The van der Waals surface area contributed by atoms with Gasteiger partial charge in [-0.3, -0.25) is 0 Å². The second kappa shape index (κ2) is 13.7. The molecule has 0 radical (unpaired) electrons. The highest BCUT2D eigenvalue weighted by Crippen LogP contribution is 2.36. The van der Waals surface area contributed by atoms with Gasteiger partial charge in [-0.1, -0.05) is 36.9 Å². The van der Waals surface area contributed by atoms with Gasteiger partial charge < -0.3 is 20.1 Å². The maximum atomic E-state index is 15.5. The smallest absolute Gasteiger partial charge is 0.228 e. The summed E-state index contributed by atoms with van der Waals surface area (Å²) in [5.74, 6) is -0.464. The Labute approximate surface area is 236 Å². The molecule has 0 bridgehead atoms. The van der Waals surface area contributed by atoms with Gasteiger partial charge in [0.1, 0.15) is 5.82 Å². The Hall–Kier alpha value is -3.21. The normalized spacial score (nSPS) is 13.5. The second-order valence-corrected chi connectivity index (χ2v) is 10.4. The van der Waals surface area contributed by atoms with Crippen LogP contribution in [0.4, 0.5) is 20.4 Å². The predicted molar refractivity (Wildman–Crippen MR) is 156 cm³/mol. The summed E-state index contributed by atoms with van der Waals surface area (Å²) in [6, 6.07) is 9.73. The summed E-state index contributed by atoms with van der Waals surface area (Å²) >= 11 is 7.09. The first kappa shape index (κ1) is 28.8. The summed E-state index contributed by atoms with van der Waals surface area (Å²) in [5.41, 5.74) is 1.08. The number of methoxy groups -OCH3 is 1. The molecule has 0 saturated heterocycles. The number of hydrogen-bond acceptors (Lipinski definition) is 8. The van der Waals surface area contributed by atoms with Crippen LogP contribution in [-0.4, -0.2) is 42.2 Å². The van der Waals surface area contributed by atoms with Crippen molar-refractivity contribution in [2.24, 2.45) is 0 Å². The molecular formula is C28H31ClF2N6OS. The van der Waals surface area contributed by atoms with Gasteiger partial charge in [0.25, 0.3) is 0 Å². The molecule has 0 amide bonds. The number of aromatic nitrogens is 3. The topological polar surface area (TPSA) is 84.0 Å². The molecule has 0 aliphatic heterocycles. The zero-order valence-corrected chi connectivity index (χ0v) is 23.6. The summed E-state index contributed by atoms with van der Waals surface area (Å²) in [5, 5.41) is 7.27. The predicted octanol–water partition coefficient (Wildman–Crippen LogP) is 7.33. The molecule has 7 nitrogen and oxygen atoms in total. The van der Waals surface area contributed by atoms with Crippen LogP contribution in [-0.2, 0) is 0 Å². The Morgan fingerprint density at radius 2 is 1.77 bits per heavy atom. The van der Waals surface area contributed by atoms with Crippen molar-refractivity contribution < 1.29 is 13.5 Å². The largest absolute Gasteiger partial charge is 0.480 e. The van der Waals surface area contributed by atoms with Crippen molar-refractivity contribution in [3.8, 4) is 17.0 Å². The molecular weight excluding hydrogens is 542 g/mol. The van der Waals surface area contributed by atoms with Gasteiger partial charge in [0, 0.05) is 23.8 Å². The molecule has 0 atom stereocenters. The maximum Gasteiger partial charge on any atom is 0.228 e. The van der Waals surface area contributed by atoms with E-state index in [1.807, 2.05) is 14.1 Å². The van der Waals surface area contributed by atoms with Crippen LogP contribution in [0.3, 0.4) is 0 Å². The number of nitrogens with zero attached hydrogens (tertiary/aromatic N) is 3. The van der Waals surface area contributed by atoms with E-state index in [2.05, 4.69) is 30.3 Å². The van der Waals surface area contributed by atoms with Crippen LogP contribution in [0.15, 0.2) is 53.7 Å².